The molecule has 6 nitrogen and oxygen atoms in total. The Bertz CT molecular complexity index is 987. The highest BCUT2D eigenvalue weighted by Gasteiger charge is 2.16. The van der Waals surface area contributed by atoms with Gasteiger partial charge in [-0.2, -0.15) is 0 Å². The molecule has 3 aromatic carbocycles. The summed E-state index contributed by atoms with van der Waals surface area (Å²) in [7, 11) is 0. The van der Waals surface area contributed by atoms with Crippen molar-refractivity contribution in [2.24, 2.45) is 0 Å². The summed E-state index contributed by atoms with van der Waals surface area (Å²) < 4.78 is 5.84. The number of amides is 1. The number of hydrogen-bond acceptors (Lipinski definition) is 4. The number of nitrogens with zero attached hydrogens (tertiary/aromatic N) is 1. The zero-order valence-corrected chi connectivity index (χ0v) is 15.4. The second-order valence-electron chi connectivity index (χ2n) is 6.29. The molecular formula is C22H20N2O4. The van der Waals surface area contributed by atoms with E-state index < -0.39 is 10.8 Å². The fourth-order valence-electron chi connectivity index (χ4n) is 2.76. The third kappa shape index (κ3) is 4.73. The predicted octanol–water partition coefficient (Wildman–Crippen LogP) is 4.78. The van der Waals surface area contributed by atoms with Gasteiger partial charge in [0.15, 0.2) is 0 Å². The molecule has 28 heavy (non-hydrogen) atoms. The van der Waals surface area contributed by atoms with E-state index in [0.29, 0.717) is 23.6 Å². The van der Waals surface area contributed by atoms with Crippen LogP contribution < -0.4 is 10.1 Å². The van der Waals surface area contributed by atoms with Gasteiger partial charge < -0.3 is 10.1 Å². The molecule has 1 amide bonds. The number of nitro benzene ring substituents is 1. The molecule has 3 rings (SSSR count). The largest absolute Gasteiger partial charge is 0.491 e. The van der Waals surface area contributed by atoms with Crippen LogP contribution in [0.4, 0.5) is 11.4 Å². The van der Waals surface area contributed by atoms with Crippen LogP contribution in [0.1, 0.15) is 21.5 Å². The van der Waals surface area contributed by atoms with E-state index in [1.54, 1.807) is 37.3 Å². The number of hydrogen-bond donors (Lipinski definition) is 1. The van der Waals surface area contributed by atoms with Crippen LogP contribution in [0.3, 0.4) is 0 Å². The van der Waals surface area contributed by atoms with Crippen LogP contribution in [-0.2, 0) is 6.42 Å². The van der Waals surface area contributed by atoms with E-state index in [9.17, 15) is 14.9 Å². The Kier molecular flexibility index (Phi) is 6.01. The van der Waals surface area contributed by atoms with Gasteiger partial charge in [0.25, 0.3) is 11.6 Å². The maximum atomic E-state index is 12.6. The van der Waals surface area contributed by atoms with Crippen LogP contribution in [0.5, 0.6) is 5.75 Å². The first-order valence-corrected chi connectivity index (χ1v) is 8.87. The fraction of sp³-hybridized carbons (Fsp3) is 0.136. The Labute approximate surface area is 162 Å². The molecule has 0 saturated carbocycles. The van der Waals surface area contributed by atoms with Gasteiger partial charge in [-0.3, -0.25) is 14.9 Å². The summed E-state index contributed by atoms with van der Waals surface area (Å²) in [6.45, 7) is 2.10. The molecule has 1 N–H and O–H groups in total. The molecule has 0 fully saturated rings. The first kappa shape index (κ1) is 19.1. The van der Waals surface area contributed by atoms with Crippen LogP contribution in [-0.4, -0.2) is 17.4 Å². The number of nitrogens with one attached hydrogen (secondary N) is 1. The first-order chi connectivity index (χ1) is 13.5. The molecule has 3 aromatic rings. The highest BCUT2D eigenvalue weighted by atomic mass is 16.6. The first-order valence-electron chi connectivity index (χ1n) is 8.87. The highest BCUT2D eigenvalue weighted by Crippen LogP contribution is 2.26. The Morgan fingerprint density at radius 2 is 1.75 bits per heavy atom. The van der Waals surface area contributed by atoms with Crippen LogP contribution in [0.25, 0.3) is 0 Å². The zero-order valence-electron chi connectivity index (χ0n) is 15.4. The van der Waals surface area contributed by atoms with Crippen LogP contribution >= 0.6 is 0 Å². The third-order valence-corrected chi connectivity index (χ3v) is 4.29. The minimum atomic E-state index is -0.493. The lowest BCUT2D eigenvalue weighted by Gasteiger charge is -2.13. The molecule has 0 spiro atoms. The molecule has 0 aliphatic heterocycles. The SMILES string of the molecule is Cc1ccc(C(=O)Nc2ccccc2OCCc2ccccc2)cc1[N+](=O)[O-]. The second-order valence-corrected chi connectivity index (χ2v) is 6.29. The number of benzene rings is 3. The van der Waals surface area contributed by atoms with Crippen molar-refractivity contribution in [1.82, 2.24) is 0 Å². The van der Waals surface area contributed by atoms with E-state index in [2.05, 4.69) is 5.32 Å². The smallest absolute Gasteiger partial charge is 0.273 e. The van der Waals surface area contributed by atoms with Gasteiger partial charge in [0.2, 0.25) is 0 Å². The van der Waals surface area contributed by atoms with Crippen molar-refractivity contribution in [2.45, 2.75) is 13.3 Å². The summed E-state index contributed by atoms with van der Waals surface area (Å²) >= 11 is 0. The van der Waals surface area contributed by atoms with Gasteiger partial charge in [-0.15, -0.1) is 0 Å². The van der Waals surface area contributed by atoms with Crippen molar-refractivity contribution in [3.63, 3.8) is 0 Å². The van der Waals surface area contributed by atoms with E-state index in [1.807, 2.05) is 36.4 Å². The van der Waals surface area contributed by atoms with Gasteiger partial charge in [0.05, 0.1) is 17.2 Å². The Balaban J connectivity index is 1.70. The van der Waals surface area contributed by atoms with Crippen LogP contribution in [0.2, 0.25) is 0 Å². The summed E-state index contributed by atoms with van der Waals surface area (Å²) in [5, 5.41) is 13.9. The summed E-state index contributed by atoms with van der Waals surface area (Å²) in [6, 6.07) is 21.5. The van der Waals surface area contributed by atoms with Crippen molar-refractivity contribution in [1.29, 1.82) is 0 Å². The highest BCUT2D eigenvalue weighted by molar-refractivity contribution is 6.05. The predicted molar refractivity (Wildman–Crippen MR) is 108 cm³/mol. The van der Waals surface area contributed by atoms with Crippen molar-refractivity contribution in [2.75, 3.05) is 11.9 Å². The number of aryl methyl sites for hydroxylation is 1. The number of carbonyl (C=O) groups is 1. The van der Waals surface area contributed by atoms with Crippen molar-refractivity contribution in [3.8, 4) is 5.75 Å². The number of anilines is 1. The molecule has 0 saturated heterocycles. The minimum Gasteiger partial charge on any atom is -0.491 e. The lowest BCUT2D eigenvalue weighted by atomic mass is 10.1. The van der Waals surface area contributed by atoms with Crippen molar-refractivity contribution < 1.29 is 14.5 Å². The van der Waals surface area contributed by atoms with Crippen LogP contribution in [0, 0.1) is 17.0 Å². The van der Waals surface area contributed by atoms with E-state index in [4.69, 9.17) is 4.74 Å². The fourth-order valence-corrected chi connectivity index (χ4v) is 2.76. The molecular weight excluding hydrogens is 356 g/mol. The van der Waals surface area contributed by atoms with Crippen molar-refractivity contribution in [3.05, 3.63) is 99.6 Å². The maximum Gasteiger partial charge on any atom is 0.273 e. The Morgan fingerprint density at radius 1 is 1.04 bits per heavy atom. The number of ether oxygens (including phenoxy) is 1. The lowest BCUT2D eigenvalue weighted by Crippen LogP contribution is -2.14. The zero-order chi connectivity index (χ0) is 19.9. The van der Waals surface area contributed by atoms with Crippen molar-refractivity contribution >= 4 is 17.3 Å². The average molecular weight is 376 g/mol. The van der Waals surface area contributed by atoms with Gasteiger partial charge in [-0.25, -0.2) is 0 Å². The quantitative estimate of drug-likeness (QED) is 0.475. The molecule has 6 heteroatoms. The average Bonchev–Trinajstić information content (AvgIpc) is 2.70. The van der Waals surface area contributed by atoms with Gasteiger partial charge in [0, 0.05) is 23.6 Å². The second kappa shape index (κ2) is 8.81. The lowest BCUT2D eigenvalue weighted by molar-refractivity contribution is -0.385. The molecule has 142 valence electrons. The number of para-hydroxylation sites is 2. The number of nitro groups is 1. The van der Waals surface area contributed by atoms with Gasteiger partial charge in [-0.05, 0) is 30.7 Å². The topological polar surface area (TPSA) is 81.5 Å². The molecule has 0 atom stereocenters. The van der Waals surface area contributed by atoms with E-state index in [-0.39, 0.29) is 11.3 Å². The molecule has 0 bridgehead atoms. The van der Waals surface area contributed by atoms with Gasteiger partial charge in [-0.1, -0.05) is 48.5 Å². The van der Waals surface area contributed by atoms with Gasteiger partial charge in [0.1, 0.15) is 5.75 Å². The summed E-state index contributed by atoms with van der Waals surface area (Å²) in [5.74, 6) is 0.121. The third-order valence-electron chi connectivity index (χ3n) is 4.29. The van der Waals surface area contributed by atoms with E-state index in [1.165, 1.54) is 6.07 Å². The Hall–Kier alpha value is -3.67. The maximum absolute atomic E-state index is 12.6. The number of rotatable bonds is 7. The number of carbonyl (C=O) groups excluding carboxylic acids is 1. The molecule has 0 aromatic heterocycles. The molecule has 0 unspecified atom stereocenters. The molecule has 0 aliphatic carbocycles. The normalized spacial score (nSPS) is 10.3. The monoisotopic (exact) mass is 376 g/mol. The molecule has 0 radical (unpaired) electrons. The Morgan fingerprint density at radius 3 is 2.50 bits per heavy atom. The standard InChI is InChI=1S/C22H20N2O4/c1-16-11-12-18(15-20(16)24(26)27)22(25)23-19-9-5-6-10-21(19)28-14-13-17-7-3-2-4-8-17/h2-12,15H,13-14H2,1H3,(H,23,25). The van der Waals surface area contributed by atoms with Gasteiger partial charge >= 0.3 is 0 Å². The molecule has 0 aliphatic rings. The summed E-state index contributed by atoms with van der Waals surface area (Å²) in [6.07, 6.45) is 0.743. The van der Waals surface area contributed by atoms with E-state index >= 15 is 0 Å². The van der Waals surface area contributed by atoms with E-state index in [0.717, 1.165) is 12.0 Å². The summed E-state index contributed by atoms with van der Waals surface area (Å²) in [5.41, 5.74) is 2.32. The van der Waals surface area contributed by atoms with Crippen LogP contribution in [0.15, 0.2) is 72.8 Å². The minimum absolute atomic E-state index is 0.0833. The summed E-state index contributed by atoms with van der Waals surface area (Å²) in [4.78, 5) is 23.2. The molecule has 0 heterocycles.